The van der Waals surface area contributed by atoms with Gasteiger partial charge in [-0.3, -0.25) is 4.90 Å². The zero-order valence-corrected chi connectivity index (χ0v) is 18.6. The lowest BCUT2D eigenvalue weighted by Crippen LogP contribution is -2.35. The van der Waals surface area contributed by atoms with Gasteiger partial charge in [-0.05, 0) is 70.4 Å². The number of aryl methyl sites for hydroxylation is 1. The lowest BCUT2D eigenvalue weighted by atomic mass is 10.1. The Bertz CT molecular complexity index is 916. The van der Waals surface area contributed by atoms with E-state index in [0.29, 0.717) is 12.6 Å². The van der Waals surface area contributed by atoms with Crippen molar-refractivity contribution < 1.29 is 8.42 Å². The van der Waals surface area contributed by atoms with Crippen molar-refractivity contribution in [2.45, 2.75) is 75.5 Å². The van der Waals surface area contributed by atoms with E-state index in [-0.39, 0.29) is 5.16 Å². The minimum Gasteiger partial charge on any atom is -0.317 e. The van der Waals surface area contributed by atoms with E-state index < -0.39 is 15.1 Å². The first-order valence-electron chi connectivity index (χ1n) is 10.9. The van der Waals surface area contributed by atoms with Crippen LogP contribution in [0.15, 0.2) is 41.7 Å². The first-order chi connectivity index (χ1) is 13.9. The molecule has 1 aromatic heterocycles. The third-order valence-electron chi connectivity index (χ3n) is 6.37. The van der Waals surface area contributed by atoms with Crippen LogP contribution < -0.4 is 0 Å². The average molecular weight is 416 g/mol. The van der Waals surface area contributed by atoms with E-state index in [1.54, 1.807) is 20.0 Å². The predicted molar refractivity (Wildman–Crippen MR) is 115 cm³/mol. The summed E-state index contributed by atoms with van der Waals surface area (Å²) in [6.45, 7) is 4.85. The van der Waals surface area contributed by atoms with Crippen LogP contribution in [0, 0.1) is 11.8 Å². The number of aromatic nitrogens is 2. The van der Waals surface area contributed by atoms with E-state index >= 15 is 0 Å². The Morgan fingerprint density at radius 2 is 1.72 bits per heavy atom. The molecule has 2 aliphatic rings. The van der Waals surface area contributed by atoms with Crippen molar-refractivity contribution in [2.75, 3.05) is 7.05 Å². The summed E-state index contributed by atoms with van der Waals surface area (Å²) < 4.78 is 27.8. The van der Waals surface area contributed by atoms with Gasteiger partial charge in [0, 0.05) is 19.1 Å². The summed E-state index contributed by atoms with van der Waals surface area (Å²) in [5.74, 6) is 1.65. The Morgan fingerprint density at radius 3 is 2.28 bits per heavy atom. The standard InChI is InChI=1S/C23H33N3O2S/c1-17(2)29(27,28)23-24-15-21(26(23)14-13-18-7-5-4-6-8-18)16-25(3)22(19-9-10-19)20-11-12-20/h4-8,15,17,19-20,22H,9-14,16H2,1-3H3. The highest BCUT2D eigenvalue weighted by Crippen LogP contribution is 2.47. The Morgan fingerprint density at radius 1 is 1.10 bits per heavy atom. The second kappa shape index (κ2) is 8.23. The fourth-order valence-corrected chi connectivity index (χ4v) is 5.56. The number of rotatable bonds is 10. The predicted octanol–water partition coefficient (Wildman–Crippen LogP) is 3.93. The van der Waals surface area contributed by atoms with Crippen molar-refractivity contribution in [3.05, 3.63) is 47.8 Å². The highest BCUT2D eigenvalue weighted by Gasteiger charge is 2.43. The lowest BCUT2D eigenvalue weighted by Gasteiger charge is -2.28. The molecule has 0 unspecified atom stereocenters. The van der Waals surface area contributed by atoms with E-state index in [9.17, 15) is 8.42 Å². The third kappa shape index (κ3) is 4.58. The van der Waals surface area contributed by atoms with Crippen LogP contribution in [0.1, 0.15) is 50.8 Å². The minimum atomic E-state index is -3.42. The number of benzene rings is 1. The van der Waals surface area contributed by atoms with Crippen LogP contribution in [0.3, 0.4) is 0 Å². The van der Waals surface area contributed by atoms with Crippen LogP contribution in [-0.4, -0.2) is 41.2 Å². The number of imidazole rings is 1. The number of sulfone groups is 1. The summed E-state index contributed by atoms with van der Waals surface area (Å²) in [6.07, 6.45) is 7.94. The molecule has 5 nitrogen and oxygen atoms in total. The maximum absolute atomic E-state index is 12.9. The van der Waals surface area contributed by atoms with Crippen molar-refractivity contribution in [1.29, 1.82) is 0 Å². The fourth-order valence-electron chi connectivity index (χ4n) is 4.42. The van der Waals surface area contributed by atoms with Crippen molar-refractivity contribution >= 4 is 9.84 Å². The normalized spacial score (nSPS) is 17.6. The Balaban J connectivity index is 1.59. The summed E-state index contributed by atoms with van der Waals surface area (Å²) in [4.78, 5) is 6.86. The van der Waals surface area contributed by atoms with Gasteiger partial charge in [-0.25, -0.2) is 13.4 Å². The molecular formula is C23H33N3O2S. The summed E-state index contributed by atoms with van der Waals surface area (Å²) >= 11 is 0. The van der Waals surface area contributed by atoms with Gasteiger partial charge in [0.1, 0.15) is 0 Å². The van der Waals surface area contributed by atoms with Crippen molar-refractivity contribution in [1.82, 2.24) is 14.5 Å². The van der Waals surface area contributed by atoms with Gasteiger partial charge in [-0.2, -0.15) is 0 Å². The number of nitrogens with zero attached hydrogens (tertiary/aromatic N) is 3. The smallest absolute Gasteiger partial charge is 0.228 e. The van der Waals surface area contributed by atoms with Gasteiger partial charge < -0.3 is 4.57 Å². The lowest BCUT2D eigenvalue weighted by molar-refractivity contribution is 0.182. The van der Waals surface area contributed by atoms with Gasteiger partial charge in [-0.1, -0.05) is 30.3 Å². The molecule has 158 valence electrons. The van der Waals surface area contributed by atoms with Crippen molar-refractivity contribution in [2.24, 2.45) is 11.8 Å². The molecule has 2 aromatic rings. The summed E-state index contributed by atoms with van der Waals surface area (Å²) in [5.41, 5.74) is 2.22. The van der Waals surface area contributed by atoms with Gasteiger partial charge in [-0.15, -0.1) is 0 Å². The summed E-state index contributed by atoms with van der Waals surface area (Å²) in [5, 5.41) is -0.252. The molecule has 2 saturated carbocycles. The molecule has 29 heavy (non-hydrogen) atoms. The van der Waals surface area contributed by atoms with Crippen molar-refractivity contribution in [3.8, 4) is 0 Å². The molecule has 0 spiro atoms. The molecule has 0 aliphatic heterocycles. The molecule has 0 bridgehead atoms. The highest BCUT2D eigenvalue weighted by molar-refractivity contribution is 7.91. The van der Waals surface area contributed by atoms with E-state index in [2.05, 4.69) is 29.1 Å². The van der Waals surface area contributed by atoms with Crippen LogP contribution in [0.25, 0.3) is 0 Å². The zero-order chi connectivity index (χ0) is 20.6. The van der Waals surface area contributed by atoms with Crippen LogP contribution in [0.2, 0.25) is 0 Å². The molecule has 2 fully saturated rings. The molecule has 6 heteroatoms. The maximum atomic E-state index is 12.9. The topological polar surface area (TPSA) is 55.2 Å². The molecule has 2 aliphatic carbocycles. The van der Waals surface area contributed by atoms with E-state index in [0.717, 1.165) is 30.5 Å². The van der Waals surface area contributed by atoms with Crippen LogP contribution in [-0.2, 0) is 29.3 Å². The average Bonchev–Trinajstić information content (AvgIpc) is 3.62. The first-order valence-corrected chi connectivity index (χ1v) is 12.4. The molecule has 0 N–H and O–H groups in total. The fraction of sp³-hybridized carbons (Fsp3) is 0.609. The monoisotopic (exact) mass is 415 g/mol. The molecule has 1 heterocycles. The summed E-state index contributed by atoms with van der Waals surface area (Å²) in [7, 11) is -1.22. The molecule has 0 saturated heterocycles. The Hall–Kier alpha value is -1.66. The van der Waals surface area contributed by atoms with E-state index in [1.807, 2.05) is 22.8 Å². The first kappa shape index (κ1) is 20.6. The van der Waals surface area contributed by atoms with Gasteiger partial charge in [0.05, 0.1) is 17.1 Å². The molecule has 1 aromatic carbocycles. The molecule has 0 radical (unpaired) electrons. The van der Waals surface area contributed by atoms with Crippen LogP contribution in [0.4, 0.5) is 0 Å². The Labute approximate surface area is 175 Å². The molecule has 4 rings (SSSR count). The third-order valence-corrected chi connectivity index (χ3v) is 8.45. The molecule has 0 atom stereocenters. The van der Waals surface area contributed by atoms with Crippen LogP contribution in [0.5, 0.6) is 0 Å². The summed E-state index contributed by atoms with van der Waals surface area (Å²) in [6, 6.07) is 10.9. The number of hydrogen-bond acceptors (Lipinski definition) is 4. The molecular weight excluding hydrogens is 382 g/mol. The van der Waals surface area contributed by atoms with E-state index in [1.165, 1.54) is 31.2 Å². The van der Waals surface area contributed by atoms with Gasteiger partial charge in [0.25, 0.3) is 0 Å². The number of hydrogen-bond donors (Lipinski definition) is 0. The van der Waals surface area contributed by atoms with Gasteiger partial charge in [0.15, 0.2) is 0 Å². The van der Waals surface area contributed by atoms with Gasteiger partial charge in [0.2, 0.25) is 15.0 Å². The SMILES string of the molecule is CC(C)S(=O)(=O)c1ncc(CN(C)C(C2CC2)C2CC2)n1CCc1ccccc1. The van der Waals surface area contributed by atoms with Crippen LogP contribution >= 0.6 is 0 Å². The minimum absolute atomic E-state index is 0.223. The molecule has 0 amide bonds. The van der Waals surface area contributed by atoms with E-state index in [4.69, 9.17) is 0 Å². The van der Waals surface area contributed by atoms with Crippen molar-refractivity contribution in [3.63, 3.8) is 0 Å². The quantitative estimate of drug-likeness (QED) is 0.590. The second-order valence-electron chi connectivity index (χ2n) is 9.09. The Kier molecular flexibility index (Phi) is 5.85. The second-order valence-corrected chi connectivity index (χ2v) is 11.5. The largest absolute Gasteiger partial charge is 0.317 e. The zero-order valence-electron chi connectivity index (χ0n) is 17.8. The van der Waals surface area contributed by atoms with Gasteiger partial charge >= 0.3 is 0 Å². The maximum Gasteiger partial charge on any atom is 0.228 e. The highest BCUT2D eigenvalue weighted by atomic mass is 32.2.